The van der Waals surface area contributed by atoms with Crippen molar-refractivity contribution in [3.63, 3.8) is 0 Å². The van der Waals surface area contributed by atoms with Gasteiger partial charge in [-0.2, -0.15) is 0 Å². The summed E-state index contributed by atoms with van der Waals surface area (Å²) in [6.45, 7) is 4.67. The molecule has 2 aromatic carbocycles. The Kier molecular flexibility index (Phi) is 12.6. The van der Waals surface area contributed by atoms with Crippen molar-refractivity contribution in [3.05, 3.63) is 65.7 Å². The molecule has 2 rings (SSSR count). The maximum absolute atomic E-state index is 12.1. The zero-order chi connectivity index (χ0) is 25.5. The van der Waals surface area contributed by atoms with Crippen LogP contribution < -0.4 is 19.5 Å². The number of unbranched alkanes of at least 4 members (excludes halogenated alkanes) is 2. The predicted molar refractivity (Wildman–Crippen MR) is 138 cm³/mol. The summed E-state index contributed by atoms with van der Waals surface area (Å²) in [5.74, 6) is 1.14. The van der Waals surface area contributed by atoms with Crippen molar-refractivity contribution in [2.24, 2.45) is 5.92 Å². The molecule has 3 N–H and O–H groups in total. The van der Waals surface area contributed by atoms with Crippen LogP contribution >= 0.6 is 12.2 Å². The van der Waals surface area contributed by atoms with Gasteiger partial charge >= 0.3 is 6.16 Å². The van der Waals surface area contributed by atoms with Gasteiger partial charge in [-0.3, -0.25) is 4.79 Å². The van der Waals surface area contributed by atoms with Gasteiger partial charge in [0.1, 0.15) is 18.8 Å². The summed E-state index contributed by atoms with van der Waals surface area (Å²) in [5.41, 5.74) is 2.31. The molecule has 0 aliphatic carbocycles. The summed E-state index contributed by atoms with van der Waals surface area (Å²) in [4.78, 5) is 24.2. The number of carbonyl (C=O) groups excluding carboxylic acids is 2. The van der Waals surface area contributed by atoms with Crippen LogP contribution in [0.4, 0.5) is 10.5 Å². The monoisotopic (exact) mass is 502 g/mol. The fourth-order valence-electron chi connectivity index (χ4n) is 3.09. The number of amides is 1. The molecule has 0 saturated carbocycles. The summed E-state index contributed by atoms with van der Waals surface area (Å²) in [7, 11) is 1.48. The van der Waals surface area contributed by atoms with Crippen LogP contribution in [0.5, 0.6) is 11.5 Å². The molecular weight excluding hydrogens is 468 g/mol. The SMILES string of the molecule is COc1cc(CNC(=O)CCCC/C=C/C(C)C)ccc1OC(=O)OCc1ccc(NSO)cc1. The van der Waals surface area contributed by atoms with Crippen molar-refractivity contribution < 1.29 is 28.4 Å². The Bertz CT molecular complexity index is 963. The molecule has 0 unspecified atom stereocenters. The number of nitrogens with one attached hydrogen (secondary N) is 2. The first-order valence-electron chi connectivity index (χ1n) is 11.5. The lowest BCUT2D eigenvalue weighted by Gasteiger charge is -2.12. The van der Waals surface area contributed by atoms with Crippen LogP contribution in [-0.2, 0) is 22.7 Å². The van der Waals surface area contributed by atoms with Gasteiger partial charge in [0.2, 0.25) is 5.91 Å². The molecular formula is C26H34N2O6S. The molecule has 190 valence electrons. The number of rotatable bonds is 14. The number of ether oxygens (including phenoxy) is 3. The molecule has 0 saturated heterocycles. The third-order valence-electron chi connectivity index (χ3n) is 4.93. The Hall–Kier alpha value is -3.17. The summed E-state index contributed by atoms with van der Waals surface area (Å²) in [6, 6.07) is 12.1. The van der Waals surface area contributed by atoms with E-state index in [1.807, 2.05) is 0 Å². The Balaban J connectivity index is 1.76. The van der Waals surface area contributed by atoms with Gasteiger partial charge in [-0.25, -0.2) is 4.79 Å². The molecule has 0 aliphatic rings. The molecule has 9 heteroatoms. The molecule has 35 heavy (non-hydrogen) atoms. The van der Waals surface area contributed by atoms with Gasteiger partial charge in [-0.1, -0.05) is 44.2 Å². The average molecular weight is 503 g/mol. The highest BCUT2D eigenvalue weighted by atomic mass is 32.2. The topological polar surface area (TPSA) is 106 Å². The first-order valence-corrected chi connectivity index (χ1v) is 12.3. The zero-order valence-corrected chi connectivity index (χ0v) is 21.2. The summed E-state index contributed by atoms with van der Waals surface area (Å²) in [6.07, 6.45) is 6.78. The van der Waals surface area contributed by atoms with E-state index in [4.69, 9.17) is 18.8 Å². The van der Waals surface area contributed by atoms with E-state index in [-0.39, 0.29) is 18.3 Å². The lowest BCUT2D eigenvalue weighted by molar-refractivity contribution is -0.121. The van der Waals surface area contributed by atoms with Crippen LogP contribution in [0.25, 0.3) is 0 Å². The predicted octanol–water partition coefficient (Wildman–Crippen LogP) is 6.33. The van der Waals surface area contributed by atoms with Crippen LogP contribution in [0, 0.1) is 5.92 Å². The fraction of sp³-hybridized carbons (Fsp3) is 0.385. The van der Waals surface area contributed by atoms with E-state index < -0.39 is 6.16 Å². The number of hydrogen-bond donors (Lipinski definition) is 3. The van der Waals surface area contributed by atoms with Crippen molar-refractivity contribution in [2.45, 2.75) is 52.7 Å². The molecule has 0 fully saturated rings. The minimum atomic E-state index is -0.860. The van der Waals surface area contributed by atoms with Crippen LogP contribution in [-0.4, -0.2) is 23.7 Å². The van der Waals surface area contributed by atoms with Crippen molar-refractivity contribution in [1.29, 1.82) is 0 Å². The van der Waals surface area contributed by atoms with Gasteiger partial charge in [-0.15, -0.1) is 0 Å². The first-order chi connectivity index (χ1) is 16.9. The second kappa shape index (κ2) is 15.7. The maximum Gasteiger partial charge on any atom is 0.514 e. The maximum atomic E-state index is 12.1. The number of carbonyl (C=O) groups is 2. The van der Waals surface area contributed by atoms with E-state index in [0.717, 1.165) is 36.1 Å². The largest absolute Gasteiger partial charge is 0.514 e. The van der Waals surface area contributed by atoms with E-state index in [0.29, 0.717) is 36.9 Å². The molecule has 0 heterocycles. The Labute approximate surface area is 211 Å². The highest BCUT2D eigenvalue weighted by Crippen LogP contribution is 2.28. The highest BCUT2D eigenvalue weighted by molar-refractivity contribution is 7.95. The number of hydrogen-bond acceptors (Lipinski definition) is 8. The summed E-state index contributed by atoms with van der Waals surface area (Å²) >= 11 is 0.505. The molecule has 8 nitrogen and oxygen atoms in total. The first kappa shape index (κ1) is 28.1. The summed E-state index contributed by atoms with van der Waals surface area (Å²) < 4.78 is 27.2. The Morgan fingerprint density at radius 2 is 1.80 bits per heavy atom. The smallest absolute Gasteiger partial charge is 0.493 e. The summed E-state index contributed by atoms with van der Waals surface area (Å²) in [5, 5.41) is 2.91. The van der Waals surface area contributed by atoms with Gasteiger partial charge in [0.25, 0.3) is 0 Å². The van der Waals surface area contributed by atoms with E-state index in [2.05, 4.69) is 36.0 Å². The van der Waals surface area contributed by atoms with Crippen molar-refractivity contribution in [3.8, 4) is 11.5 Å². The normalized spacial score (nSPS) is 10.9. The average Bonchev–Trinajstić information content (AvgIpc) is 2.85. The zero-order valence-electron chi connectivity index (χ0n) is 20.4. The molecule has 0 aromatic heterocycles. The van der Waals surface area contributed by atoms with Crippen LogP contribution in [0.3, 0.4) is 0 Å². The van der Waals surface area contributed by atoms with E-state index in [1.165, 1.54) is 7.11 Å². The number of anilines is 1. The van der Waals surface area contributed by atoms with Gasteiger partial charge in [0.05, 0.1) is 7.11 Å². The van der Waals surface area contributed by atoms with Crippen molar-refractivity contribution in [2.75, 3.05) is 11.8 Å². The minimum absolute atomic E-state index is 0.000334. The second-order valence-electron chi connectivity index (χ2n) is 8.21. The van der Waals surface area contributed by atoms with Gasteiger partial charge in [-0.05, 0) is 60.6 Å². The standard InChI is InChI=1S/C26H34N2O6S/c1-19(2)8-6-4-5-7-9-25(29)27-17-21-12-15-23(24(16-21)32-3)34-26(30)33-18-20-10-13-22(14-11-20)28-35-31/h6,8,10-16,19,28,31H,4-5,7,9,17-18H2,1-3H3,(H,27,29)/b8-6+. The second-order valence-corrected chi connectivity index (χ2v) is 8.60. The van der Waals surface area contributed by atoms with Crippen LogP contribution in [0.1, 0.15) is 50.7 Å². The lowest BCUT2D eigenvalue weighted by atomic mass is 10.1. The number of methoxy groups -OCH3 is 1. The van der Waals surface area contributed by atoms with Crippen LogP contribution in [0.2, 0.25) is 0 Å². The third-order valence-corrected chi connectivity index (χ3v) is 5.26. The number of benzene rings is 2. The highest BCUT2D eigenvalue weighted by Gasteiger charge is 2.13. The van der Waals surface area contributed by atoms with E-state index in [9.17, 15) is 9.59 Å². The van der Waals surface area contributed by atoms with Gasteiger partial charge in [0, 0.05) is 18.7 Å². The molecule has 0 aliphatic heterocycles. The minimum Gasteiger partial charge on any atom is -0.493 e. The molecule has 1 amide bonds. The van der Waals surface area contributed by atoms with Crippen molar-refractivity contribution >= 4 is 30.0 Å². The van der Waals surface area contributed by atoms with Crippen molar-refractivity contribution in [1.82, 2.24) is 5.32 Å². The molecule has 0 radical (unpaired) electrons. The van der Waals surface area contributed by atoms with E-state index in [1.54, 1.807) is 42.5 Å². The molecule has 0 spiro atoms. The van der Waals surface area contributed by atoms with Gasteiger partial charge < -0.3 is 28.8 Å². The third kappa shape index (κ3) is 11.2. The molecule has 2 aromatic rings. The Morgan fingerprint density at radius 1 is 1.06 bits per heavy atom. The van der Waals surface area contributed by atoms with Crippen LogP contribution in [0.15, 0.2) is 54.6 Å². The van der Waals surface area contributed by atoms with E-state index >= 15 is 0 Å². The quantitative estimate of drug-likeness (QED) is 0.0687. The fourth-order valence-corrected chi connectivity index (χ4v) is 3.34. The Morgan fingerprint density at radius 3 is 2.49 bits per heavy atom. The molecule has 0 atom stereocenters. The lowest BCUT2D eigenvalue weighted by Crippen LogP contribution is -2.22. The molecule has 0 bridgehead atoms. The number of allylic oxidation sites excluding steroid dienone is 2. The van der Waals surface area contributed by atoms with Gasteiger partial charge in [0.15, 0.2) is 11.5 Å².